The van der Waals surface area contributed by atoms with Crippen LogP contribution in [-0.2, 0) is 0 Å². The van der Waals surface area contributed by atoms with Crippen LogP contribution in [0.15, 0.2) is 46.0 Å². The molecule has 1 heterocycles. The lowest BCUT2D eigenvalue weighted by atomic mass is 10.1. The molecule has 2 aromatic carbocycles. The van der Waals surface area contributed by atoms with E-state index in [1.165, 1.54) is 19.1 Å². The largest absolute Gasteiger partial charge is 0.507 e. The van der Waals surface area contributed by atoms with Crippen LogP contribution in [-0.4, -0.2) is 30.3 Å². The summed E-state index contributed by atoms with van der Waals surface area (Å²) in [5, 5.41) is 14.0. The molecule has 0 aliphatic carbocycles. The molecule has 0 bridgehead atoms. The Hall–Kier alpha value is -2.34. The Morgan fingerprint density at radius 3 is 2.60 bits per heavy atom. The Bertz CT molecular complexity index is 797. The number of hydrogen-bond donors (Lipinski definition) is 2. The van der Waals surface area contributed by atoms with Gasteiger partial charge in [0.25, 0.3) is 5.91 Å². The Balaban J connectivity index is 1.64. The van der Waals surface area contributed by atoms with Gasteiger partial charge in [-0.2, -0.15) is 5.10 Å². The molecule has 1 aliphatic heterocycles. The highest BCUT2D eigenvalue weighted by atomic mass is 79.9. The van der Waals surface area contributed by atoms with Gasteiger partial charge in [-0.25, -0.2) is 5.43 Å². The van der Waals surface area contributed by atoms with E-state index in [4.69, 9.17) is 0 Å². The molecule has 1 aliphatic rings. The summed E-state index contributed by atoms with van der Waals surface area (Å²) in [5.74, 6) is -0.133. The van der Waals surface area contributed by atoms with Crippen molar-refractivity contribution in [3.8, 4) is 5.75 Å². The molecule has 6 heteroatoms. The summed E-state index contributed by atoms with van der Waals surface area (Å²) < 4.78 is 0.841. The molecule has 0 radical (unpaired) electrons. The molecular weight excluding hydrogens is 382 g/mol. The van der Waals surface area contributed by atoms with E-state index in [1.54, 1.807) is 25.1 Å². The molecule has 2 aromatic rings. The van der Waals surface area contributed by atoms with E-state index in [9.17, 15) is 9.90 Å². The predicted octanol–water partition coefficient (Wildman–Crippen LogP) is 3.83. The molecule has 3 rings (SSSR count). The van der Waals surface area contributed by atoms with Gasteiger partial charge in [0.1, 0.15) is 5.75 Å². The fourth-order valence-corrected chi connectivity index (χ4v) is 3.47. The molecule has 1 fully saturated rings. The quantitative estimate of drug-likeness (QED) is 0.604. The van der Waals surface area contributed by atoms with Crippen LogP contribution in [0.3, 0.4) is 0 Å². The second kappa shape index (κ2) is 7.70. The Morgan fingerprint density at radius 1 is 1.24 bits per heavy atom. The Labute approximate surface area is 155 Å². The summed E-state index contributed by atoms with van der Waals surface area (Å²) in [6.07, 6.45) is 3.88. The fraction of sp³-hybridized carbons (Fsp3) is 0.263. The third-order valence-electron chi connectivity index (χ3n) is 4.27. The Morgan fingerprint density at radius 2 is 1.92 bits per heavy atom. The zero-order chi connectivity index (χ0) is 17.8. The van der Waals surface area contributed by atoms with Gasteiger partial charge in [-0.05, 0) is 61.7 Å². The molecule has 1 saturated heterocycles. The van der Waals surface area contributed by atoms with Gasteiger partial charge in [-0.3, -0.25) is 4.79 Å². The van der Waals surface area contributed by atoms with Crippen LogP contribution in [0.2, 0.25) is 0 Å². The van der Waals surface area contributed by atoms with E-state index in [1.807, 2.05) is 18.2 Å². The number of rotatable bonds is 4. The van der Waals surface area contributed by atoms with Crippen LogP contribution >= 0.6 is 15.9 Å². The van der Waals surface area contributed by atoms with E-state index >= 15 is 0 Å². The van der Waals surface area contributed by atoms with Crippen LogP contribution in [0.5, 0.6) is 5.75 Å². The number of benzene rings is 2. The number of carbonyl (C=O) groups is 1. The second-order valence-corrected chi connectivity index (χ2v) is 7.02. The average molecular weight is 402 g/mol. The van der Waals surface area contributed by atoms with Crippen molar-refractivity contribution in [1.82, 2.24) is 5.43 Å². The molecule has 0 aromatic heterocycles. The minimum Gasteiger partial charge on any atom is -0.507 e. The van der Waals surface area contributed by atoms with Crippen molar-refractivity contribution in [2.45, 2.75) is 19.8 Å². The molecule has 0 unspecified atom stereocenters. The van der Waals surface area contributed by atoms with Crippen molar-refractivity contribution < 1.29 is 9.90 Å². The molecular formula is C19H20BrN3O2. The summed E-state index contributed by atoms with van der Waals surface area (Å²) in [7, 11) is 0. The predicted molar refractivity (Wildman–Crippen MR) is 103 cm³/mol. The second-order valence-electron chi connectivity index (χ2n) is 6.10. The molecule has 0 spiro atoms. The SMILES string of the molecule is Cc1cc(Br)cc(/C=N\NC(=O)c2ccc(N3CCCC3)cc2)c1O. The number of nitrogens with zero attached hydrogens (tertiary/aromatic N) is 2. The van der Waals surface area contributed by atoms with Gasteiger partial charge in [0, 0.05) is 34.4 Å². The molecule has 130 valence electrons. The van der Waals surface area contributed by atoms with Crippen molar-refractivity contribution in [2.24, 2.45) is 5.10 Å². The number of amides is 1. The highest BCUT2D eigenvalue weighted by Crippen LogP contribution is 2.25. The molecule has 2 N–H and O–H groups in total. The number of halogens is 1. The summed E-state index contributed by atoms with van der Waals surface area (Å²) in [5.41, 5.74) is 5.46. The first kappa shape index (κ1) is 17.5. The lowest BCUT2D eigenvalue weighted by molar-refractivity contribution is 0.0955. The first-order chi connectivity index (χ1) is 12.0. The number of aryl methyl sites for hydroxylation is 1. The first-order valence-corrected chi connectivity index (χ1v) is 9.01. The third-order valence-corrected chi connectivity index (χ3v) is 4.72. The summed E-state index contributed by atoms with van der Waals surface area (Å²) >= 11 is 3.38. The normalized spacial score (nSPS) is 14.2. The van der Waals surface area contributed by atoms with Gasteiger partial charge < -0.3 is 10.0 Å². The number of aromatic hydroxyl groups is 1. The number of phenols is 1. The van der Waals surface area contributed by atoms with Crippen molar-refractivity contribution in [3.05, 3.63) is 57.6 Å². The fourth-order valence-electron chi connectivity index (χ4n) is 2.88. The van der Waals surface area contributed by atoms with Crippen LogP contribution in [0.25, 0.3) is 0 Å². The lowest BCUT2D eigenvalue weighted by Crippen LogP contribution is -2.19. The van der Waals surface area contributed by atoms with Crippen molar-refractivity contribution in [3.63, 3.8) is 0 Å². The number of hydrazone groups is 1. The molecule has 1 amide bonds. The van der Waals surface area contributed by atoms with E-state index < -0.39 is 0 Å². The number of anilines is 1. The van der Waals surface area contributed by atoms with Crippen LogP contribution in [0, 0.1) is 6.92 Å². The average Bonchev–Trinajstić information content (AvgIpc) is 3.13. The van der Waals surface area contributed by atoms with Gasteiger partial charge in [0.15, 0.2) is 0 Å². The summed E-state index contributed by atoms with van der Waals surface area (Å²) in [4.78, 5) is 14.5. The smallest absolute Gasteiger partial charge is 0.271 e. The van der Waals surface area contributed by atoms with Gasteiger partial charge >= 0.3 is 0 Å². The maximum absolute atomic E-state index is 12.2. The van der Waals surface area contributed by atoms with Crippen LogP contribution < -0.4 is 10.3 Å². The zero-order valence-corrected chi connectivity index (χ0v) is 15.6. The standard InChI is InChI=1S/C19H20BrN3O2/c1-13-10-16(20)11-15(18(13)24)12-21-22-19(25)14-4-6-17(7-5-14)23-8-2-3-9-23/h4-7,10-12,24H,2-3,8-9H2,1H3,(H,22,25)/b21-12-. The zero-order valence-electron chi connectivity index (χ0n) is 14.0. The number of nitrogens with one attached hydrogen (secondary N) is 1. The topological polar surface area (TPSA) is 64.9 Å². The summed E-state index contributed by atoms with van der Waals surface area (Å²) in [6, 6.07) is 11.1. The summed E-state index contributed by atoms with van der Waals surface area (Å²) in [6.45, 7) is 3.95. The van der Waals surface area contributed by atoms with Gasteiger partial charge in [0.05, 0.1) is 6.21 Å². The highest BCUT2D eigenvalue weighted by Gasteiger charge is 2.13. The van der Waals surface area contributed by atoms with E-state index in [2.05, 4.69) is 31.4 Å². The molecule has 5 nitrogen and oxygen atoms in total. The molecule has 0 saturated carbocycles. The maximum atomic E-state index is 12.2. The lowest BCUT2D eigenvalue weighted by Gasteiger charge is -2.17. The van der Waals surface area contributed by atoms with E-state index in [-0.39, 0.29) is 11.7 Å². The van der Waals surface area contributed by atoms with Gasteiger partial charge in [0.2, 0.25) is 0 Å². The van der Waals surface area contributed by atoms with Crippen molar-refractivity contribution in [2.75, 3.05) is 18.0 Å². The van der Waals surface area contributed by atoms with Crippen molar-refractivity contribution >= 4 is 33.7 Å². The minimum absolute atomic E-state index is 0.149. The van der Waals surface area contributed by atoms with Crippen LogP contribution in [0.1, 0.15) is 34.3 Å². The third kappa shape index (κ3) is 4.20. The Kier molecular flexibility index (Phi) is 5.38. The van der Waals surface area contributed by atoms with E-state index in [0.29, 0.717) is 11.1 Å². The van der Waals surface area contributed by atoms with E-state index in [0.717, 1.165) is 28.8 Å². The number of carbonyl (C=O) groups excluding carboxylic acids is 1. The van der Waals surface area contributed by atoms with Crippen LogP contribution in [0.4, 0.5) is 5.69 Å². The first-order valence-electron chi connectivity index (χ1n) is 8.22. The molecule has 25 heavy (non-hydrogen) atoms. The monoisotopic (exact) mass is 401 g/mol. The molecule has 0 atom stereocenters. The van der Waals surface area contributed by atoms with Crippen molar-refractivity contribution in [1.29, 1.82) is 0 Å². The minimum atomic E-state index is -0.282. The number of hydrogen-bond acceptors (Lipinski definition) is 4. The van der Waals surface area contributed by atoms with Gasteiger partial charge in [-0.1, -0.05) is 15.9 Å². The van der Waals surface area contributed by atoms with Gasteiger partial charge in [-0.15, -0.1) is 0 Å². The number of phenolic OH excluding ortho intramolecular Hbond substituents is 1. The highest BCUT2D eigenvalue weighted by molar-refractivity contribution is 9.10. The maximum Gasteiger partial charge on any atom is 0.271 e.